The highest BCUT2D eigenvalue weighted by atomic mass is 19.3. The van der Waals surface area contributed by atoms with Crippen LogP contribution in [-0.4, -0.2) is 58.6 Å². The predicted molar refractivity (Wildman–Crippen MR) is 113 cm³/mol. The zero-order valence-corrected chi connectivity index (χ0v) is 18.4. The van der Waals surface area contributed by atoms with Gasteiger partial charge in [0.05, 0.1) is 12.6 Å². The van der Waals surface area contributed by atoms with Crippen molar-refractivity contribution in [3.63, 3.8) is 0 Å². The van der Waals surface area contributed by atoms with Gasteiger partial charge in [-0.15, -0.1) is 0 Å². The minimum atomic E-state index is -3.12. The van der Waals surface area contributed by atoms with Crippen molar-refractivity contribution < 1.29 is 23.2 Å². The third kappa shape index (κ3) is 4.69. The normalized spacial score (nSPS) is 25.6. The Kier molecular flexibility index (Phi) is 6.34. The van der Waals surface area contributed by atoms with Crippen LogP contribution < -0.4 is 10.6 Å². The maximum absolute atomic E-state index is 13.7. The molecule has 0 aliphatic carbocycles. The van der Waals surface area contributed by atoms with Crippen LogP contribution in [0.2, 0.25) is 0 Å². The molecule has 10 heteroatoms. The van der Waals surface area contributed by atoms with E-state index in [4.69, 9.17) is 5.26 Å². The maximum Gasteiger partial charge on any atom is 0.268 e. The van der Waals surface area contributed by atoms with Crippen molar-refractivity contribution in [2.24, 2.45) is 5.92 Å². The Labute approximate surface area is 190 Å². The number of halogens is 2. The first-order valence-electron chi connectivity index (χ1n) is 11.2. The highest BCUT2D eigenvalue weighted by Crippen LogP contribution is 2.34. The van der Waals surface area contributed by atoms with Gasteiger partial charge in [-0.1, -0.05) is 25.1 Å². The second-order valence-corrected chi connectivity index (χ2v) is 8.95. The molecule has 0 radical (unpaired) electrons. The Morgan fingerprint density at radius 3 is 2.85 bits per heavy atom. The lowest BCUT2D eigenvalue weighted by Crippen LogP contribution is -2.46. The molecule has 2 saturated heterocycles. The maximum atomic E-state index is 13.7. The van der Waals surface area contributed by atoms with Gasteiger partial charge in [0.2, 0.25) is 17.7 Å². The molecule has 2 fully saturated rings. The number of fused-ring (bicyclic) bond motifs is 1. The van der Waals surface area contributed by atoms with Crippen LogP contribution in [0.15, 0.2) is 18.2 Å². The molecule has 1 aromatic rings. The van der Waals surface area contributed by atoms with Gasteiger partial charge in [-0.3, -0.25) is 14.4 Å². The quantitative estimate of drug-likeness (QED) is 0.667. The van der Waals surface area contributed by atoms with Gasteiger partial charge in [-0.05, 0) is 29.7 Å². The van der Waals surface area contributed by atoms with Crippen LogP contribution in [0.25, 0.3) is 0 Å². The Hall–Kier alpha value is -3.06. The molecule has 176 valence electrons. The molecule has 8 nitrogen and oxygen atoms in total. The number of carbonyl (C=O) groups is 3. The van der Waals surface area contributed by atoms with Crippen LogP contribution in [0, 0.1) is 17.2 Å². The zero-order valence-electron chi connectivity index (χ0n) is 18.4. The van der Waals surface area contributed by atoms with Gasteiger partial charge in [0.1, 0.15) is 12.1 Å². The summed E-state index contributed by atoms with van der Waals surface area (Å²) in [6.45, 7) is 3.69. The Bertz CT molecular complexity index is 1010. The fourth-order valence-corrected chi connectivity index (χ4v) is 4.88. The molecular weight excluding hydrogens is 432 g/mol. The summed E-state index contributed by atoms with van der Waals surface area (Å²) in [6, 6.07) is 5.52. The minimum Gasteiger partial charge on any atom is -0.344 e. The van der Waals surface area contributed by atoms with Gasteiger partial charge >= 0.3 is 0 Å². The van der Waals surface area contributed by atoms with E-state index in [2.05, 4.69) is 10.6 Å². The molecule has 0 spiro atoms. The van der Waals surface area contributed by atoms with Crippen LogP contribution in [0.5, 0.6) is 0 Å². The number of amides is 3. The summed E-state index contributed by atoms with van der Waals surface area (Å²) in [5, 5.41) is 15.0. The SMILES string of the molecule is CCNCc1cccc2c1CN(C(=O)C[C@@H]1C[C@@H](C(=O)N3CC(F)(F)C[C@H]3C#N)NC1=O)C2. The number of nitriles is 1. The molecule has 3 aliphatic rings. The number of nitrogens with one attached hydrogen (secondary N) is 2. The average molecular weight is 459 g/mol. The summed E-state index contributed by atoms with van der Waals surface area (Å²) in [5.74, 6) is -5.14. The molecule has 33 heavy (non-hydrogen) atoms. The number of hydrogen-bond donors (Lipinski definition) is 2. The largest absolute Gasteiger partial charge is 0.344 e. The van der Waals surface area contributed by atoms with E-state index in [0.717, 1.165) is 34.7 Å². The van der Waals surface area contributed by atoms with Crippen LogP contribution in [0.3, 0.4) is 0 Å². The number of rotatable bonds is 6. The molecule has 1 aromatic carbocycles. The second kappa shape index (κ2) is 9.06. The van der Waals surface area contributed by atoms with Crippen molar-refractivity contribution in [2.75, 3.05) is 13.1 Å². The lowest BCUT2D eigenvalue weighted by atomic mass is 9.99. The molecule has 3 heterocycles. The minimum absolute atomic E-state index is 0.0516. The molecule has 3 aliphatic heterocycles. The van der Waals surface area contributed by atoms with E-state index in [-0.39, 0.29) is 18.7 Å². The molecule has 3 amide bonds. The smallest absolute Gasteiger partial charge is 0.268 e. The number of carbonyl (C=O) groups excluding carboxylic acids is 3. The molecule has 3 atom stereocenters. The number of likely N-dealkylation sites (tertiary alicyclic amines) is 1. The Morgan fingerprint density at radius 2 is 2.12 bits per heavy atom. The molecule has 0 aromatic heterocycles. The van der Waals surface area contributed by atoms with E-state index < -0.39 is 48.7 Å². The number of benzene rings is 1. The molecule has 0 saturated carbocycles. The van der Waals surface area contributed by atoms with Gasteiger partial charge in [0.15, 0.2) is 0 Å². The molecule has 4 rings (SSSR count). The lowest BCUT2D eigenvalue weighted by molar-refractivity contribution is -0.135. The Balaban J connectivity index is 1.36. The van der Waals surface area contributed by atoms with E-state index in [1.807, 2.05) is 25.1 Å². The summed E-state index contributed by atoms with van der Waals surface area (Å²) < 4.78 is 27.4. The van der Waals surface area contributed by atoms with Gasteiger partial charge in [0.25, 0.3) is 5.92 Å². The van der Waals surface area contributed by atoms with Gasteiger partial charge in [-0.25, -0.2) is 8.78 Å². The van der Waals surface area contributed by atoms with Crippen molar-refractivity contribution in [3.8, 4) is 6.07 Å². The van der Waals surface area contributed by atoms with Crippen molar-refractivity contribution in [3.05, 3.63) is 34.9 Å². The third-order valence-electron chi connectivity index (χ3n) is 6.63. The van der Waals surface area contributed by atoms with Gasteiger partial charge in [0, 0.05) is 38.4 Å². The van der Waals surface area contributed by atoms with Crippen molar-refractivity contribution >= 4 is 17.7 Å². The first-order valence-corrected chi connectivity index (χ1v) is 11.2. The van der Waals surface area contributed by atoms with Crippen molar-refractivity contribution in [1.82, 2.24) is 20.4 Å². The van der Waals surface area contributed by atoms with Crippen LogP contribution >= 0.6 is 0 Å². The van der Waals surface area contributed by atoms with E-state index in [0.29, 0.717) is 13.1 Å². The monoisotopic (exact) mass is 459 g/mol. The first kappa shape index (κ1) is 23.1. The van der Waals surface area contributed by atoms with E-state index in [1.165, 1.54) is 0 Å². The second-order valence-electron chi connectivity index (χ2n) is 8.95. The standard InChI is InChI=1S/C23H27F2N5O3/c1-2-27-10-14-4-3-5-15-11-29(12-18(14)15)20(31)7-16-6-19(28-21(16)32)22(33)30-13-23(24,25)8-17(30)9-26/h3-5,16-17,19,27H,2,6-8,10-13H2,1H3,(H,28,32)/t16-,17-,19-/m0/s1. The fraction of sp³-hybridized carbons (Fsp3) is 0.565. The lowest BCUT2D eigenvalue weighted by Gasteiger charge is -2.22. The zero-order chi connectivity index (χ0) is 23.8. The van der Waals surface area contributed by atoms with Crippen LogP contribution in [-0.2, 0) is 34.0 Å². The average Bonchev–Trinajstić information content (AvgIpc) is 3.46. The van der Waals surface area contributed by atoms with E-state index in [1.54, 1.807) is 11.0 Å². The number of hydrogen-bond acceptors (Lipinski definition) is 5. The number of alkyl halides is 2. The highest BCUT2D eigenvalue weighted by molar-refractivity contribution is 5.94. The first-order chi connectivity index (χ1) is 15.7. The molecule has 0 unspecified atom stereocenters. The highest BCUT2D eigenvalue weighted by Gasteiger charge is 2.50. The predicted octanol–water partition coefficient (Wildman–Crippen LogP) is 1.29. The fourth-order valence-electron chi connectivity index (χ4n) is 4.88. The Morgan fingerprint density at radius 1 is 1.33 bits per heavy atom. The number of nitrogens with zero attached hydrogens (tertiary/aromatic N) is 3. The van der Waals surface area contributed by atoms with Gasteiger partial charge < -0.3 is 20.4 Å². The van der Waals surface area contributed by atoms with Crippen LogP contribution in [0.4, 0.5) is 8.78 Å². The summed E-state index contributed by atoms with van der Waals surface area (Å²) in [6.07, 6.45) is -0.705. The van der Waals surface area contributed by atoms with Crippen molar-refractivity contribution in [1.29, 1.82) is 5.26 Å². The van der Waals surface area contributed by atoms with Crippen LogP contribution in [0.1, 0.15) is 42.9 Å². The molecule has 0 bridgehead atoms. The summed E-state index contributed by atoms with van der Waals surface area (Å²) >= 11 is 0. The van der Waals surface area contributed by atoms with Crippen molar-refractivity contribution in [2.45, 2.75) is 63.8 Å². The molecule has 2 N–H and O–H groups in total. The van der Waals surface area contributed by atoms with E-state index >= 15 is 0 Å². The molecular formula is C23H27F2N5O3. The van der Waals surface area contributed by atoms with E-state index in [9.17, 15) is 23.2 Å². The summed E-state index contributed by atoms with van der Waals surface area (Å²) in [4.78, 5) is 40.7. The topological polar surface area (TPSA) is 106 Å². The third-order valence-corrected chi connectivity index (χ3v) is 6.63. The van der Waals surface area contributed by atoms with Gasteiger partial charge in [-0.2, -0.15) is 5.26 Å². The summed E-state index contributed by atoms with van der Waals surface area (Å²) in [5.41, 5.74) is 3.34. The summed E-state index contributed by atoms with van der Waals surface area (Å²) in [7, 11) is 0.